The van der Waals surface area contributed by atoms with Crippen molar-refractivity contribution in [3.63, 3.8) is 0 Å². The third kappa shape index (κ3) is 3.50. The average molecular weight is 497 g/mol. The van der Waals surface area contributed by atoms with Gasteiger partial charge in [0.15, 0.2) is 0 Å². The van der Waals surface area contributed by atoms with Crippen molar-refractivity contribution in [2.24, 2.45) is 0 Å². The maximum absolute atomic E-state index is 12.7. The minimum Gasteiger partial charge on any atom is -0.422 e. The summed E-state index contributed by atoms with van der Waals surface area (Å²) in [5.74, 6) is 0. The summed E-state index contributed by atoms with van der Waals surface area (Å²) < 4.78 is 15.0. The Morgan fingerprint density at radius 3 is 1.49 bits per heavy atom. The van der Waals surface area contributed by atoms with Crippen molar-refractivity contribution in [2.45, 2.75) is 60.0 Å². The molecule has 0 bridgehead atoms. The lowest BCUT2D eigenvalue weighted by atomic mass is 10.0. The molecule has 0 amide bonds. The summed E-state index contributed by atoms with van der Waals surface area (Å²) in [6.45, 7) is 12.0. The summed E-state index contributed by atoms with van der Waals surface area (Å²) in [5.41, 5.74) is 5.35. The van der Waals surface area contributed by atoms with Gasteiger partial charge in [-0.25, -0.2) is 9.59 Å². The lowest BCUT2D eigenvalue weighted by Crippen LogP contribution is -2.05. The predicted molar refractivity (Wildman–Crippen MR) is 145 cm³/mol. The van der Waals surface area contributed by atoms with Crippen LogP contribution < -0.4 is 11.3 Å². The van der Waals surface area contributed by atoms with Crippen molar-refractivity contribution in [3.8, 4) is 0 Å². The van der Waals surface area contributed by atoms with Gasteiger partial charge in [-0.2, -0.15) is 10.2 Å². The topological polar surface area (TPSA) is 96.1 Å². The van der Waals surface area contributed by atoms with Crippen LogP contribution in [-0.2, 0) is 6.42 Å². The molecular formula is C29H28N4O4. The molecule has 0 fully saturated rings. The fraction of sp³-hybridized carbons (Fsp3) is 0.310. The molecule has 37 heavy (non-hydrogen) atoms. The van der Waals surface area contributed by atoms with Crippen LogP contribution in [0.2, 0.25) is 0 Å². The number of hydrogen-bond donors (Lipinski definition) is 0. The van der Waals surface area contributed by atoms with Crippen molar-refractivity contribution in [1.82, 2.24) is 19.6 Å². The number of benzene rings is 2. The van der Waals surface area contributed by atoms with Gasteiger partial charge in [0.1, 0.15) is 33.0 Å². The molecule has 0 N–H and O–H groups in total. The van der Waals surface area contributed by atoms with Crippen LogP contribution >= 0.6 is 0 Å². The molecule has 188 valence electrons. The first-order chi connectivity index (χ1) is 17.6. The standard InChI is InChI=1S/C29H28N4O4/c1-14(2)32-16(5)24-26(30-32)20-12-18(7-9-22(20)36-28(24)34)11-19-8-10-23-21(13-19)27-25(29(35)37-23)17(6)33(31-27)15(3)4/h7-10,12-15H,11H2,1-6H3. The normalized spacial score (nSPS) is 12.3. The number of nitrogens with zero attached hydrogens (tertiary/aromatic N) is 4. The van der Waals surface area contributed by atoms with E-state index in [9.17, 15) is 9.59 Å². The van der Waals surface area contributed by atoms with Crippen LogP contribution in [0.5, 0.6) is 0 Å². The second-order valence-corrected chi connectivity index (χ2v) is 10.3. The molecular weight excluding hydrogens is 468 g/mol. The molecule has 0 unspecified atom stereocenters. The summed E-state index contributed by atoms with van der Waals surface area (Å²) in [4.78, 5) is 25.4. The molecule has 0 radical (unpaired) electrons. The molecule has 2 aromatic carbocycles. The van der Waals surface area contributed by atoms with E-state index in [1.54, 1.807) is 0 Å². The van der Waals surface area contributed by atoms with Crippen LogP contribution in [0.15, 0.2) is 54.8 Å². The van der Waals surface area contributed by atoms with Crippen LogP contribution in [-0.4, -0.2) is 19.6 Å². The molecule has 0 aliphatic carbocycles. The summed E-state index contributed by atoms with van der Waals surface area (Å²) in [6.07, 6.45) is 0.640. The van der Waals surface area contributed by atoms with E-state index in [2.05, 4.69) is 0 Å². The van der Waals surface area contributed by atoms with Gasteiger partial charge < -0.3 is 8.83 Å². The zero-order valence-corrected chi connectivity index (χ0v) is 21.7. The van der Waals surface area contributed by atoms with Gasteiger partial charge in [0.25, 0.3) is 0 Å². The van der Waals surface area contributed by atoms with Gasteiger partial charge in [-0.3, -0.25) is 9.36 Å². The number of hydrogen-bond acceptors (Lipinski definition) is 6. The SMILES string of the molecule is Cc1c2c(=O)oc3ccc(Cc4ccc5oc(=O)c6c(C)n(C(C)C)nc6c5c4)cc3c2nn1C(C)C. The van der Waals surface area contributed by atoms with E-state index in [1.165, 1.54) is 0 Å². The van der Waals surface area contributed by atoms with Crippen LogP contribution in [0.3, 0.4) is 0 Å². The van der Waals surface area contributed by atoms with Crippen LogP contribution in [0.25, 0.3) is 43.7 Å². The second-order valence-electron chi connectivity index (χ2n) is 10.3. The van der Waals surface area contributed by atoms with E-state index < -0.39 is 0 Å². The number of fused-ring (bicyclic) bond motifs is 6. The van der Waals surface area contributed by atoms with Crippen molar-refractivity contribution >= 4 is 43.7 Å². The van der Waals surface area contributed by atoms with Gasteiger partial charge in [-0.15, -0.1) is 0 Å². The molecule has 4 heterocycles. The summed E-state index contributed by atoms with van der Waals surface area (Å²) in [6, 6.07) is 11.9. The Hall–Kier alpha value is -4.20. The third-order valence-electron chi connectivity index (χ3n) is 7.10. The fourth-order valence-corrected chi connectivity index (χ4v) is 5.37. The van der Waals surface area contributed by atoms with Gasteiger partial charge in [-0.05, 0) is 83.4 Å². The maximum Gasteiger partial charge on any atom is 0.347 e. The molecule has 0 spiro atoms. The largest absolute Gasteiger partial charge is 0.422 e. The summed E-state index contributed by atoms with van der Waals surface area (Å²) in [7, 11) is 0. The first-order valence-electron chi connectivity index (χ1n) is 12.5. The fourth-order valence-electron chi connectivity index (χ4n) is 5.37. The minimum atomic E-state index is -0.365. The maximum atomic E-state index is 12.7. The van der Waals surface area contributed by atoms with Crippen molar-refractivity contribution < 1.29 is 8.83 Å². The second kappa shape index (κ2) is 8.16. The predicted octanol–water partition coefficient (Wildman–Crippen LogP) is 5.97. The Kier molecular flexibility index (Phi) is 5.12. The van der Waals surface area contributed by atoms with E-state index in [1.807, 2.05) is 87.3 Å². The zero-order chi connectivity index (χ0) is 26.2. The molecule has 0 saturated carbocycles. The molecule has 8 heteroatoms. The Morgan fingerprint density at radius 1 is 0.703 bits per heavy atom. The monoisotopic (exact) mass is 496 g/mol. The summed E-state index contributed by atoms with van der Waals surface area (Å²) >= 11 is 0. The summed E-state index contributed by atoms with van der Waals surface area (Å²) in [5, 5.41) is 12.2. The average Bonchev–Trinajstić information content (AvgIpc) is 3.39. The Labute approximate surface area is 212 Å². The minimum absolute atomic E-state index is 0.127. The molecule has 0 aliphatic rings. The van der Waals surface area contributed by atoms with E-state index in [4.69, 9.17) is 19.0 Å². The van der Waals surface area contributed by atoms with E-state index in [-0.39, 0.29) is 23.3 Å². The Balaban J connectivity index is 1.49. The Bertz CT molecular complexity index is 1840. The highest BCUT2D eigenvalue weighted by Gasteiger charge is 2.19. The van der Waals surface area contributed by atoms with E-state index in [0.717, 1.165) is 33.3 Å². The van der Waals surface area contributed by atoms with Crippen LogP contribution in [0.4, 0.5) is 0 Å². The molecule has 6 aromatic rings. The lowest BCUT2D eigenvalue weighted by molar-refractivity contribution is 0.524. The molecule has 0 atom stereocenters. The van der Waals surface area contributed by atoms with Crippen LogP contribution in [0.1, 0.15) is 62.3 Å². The number of aromatic nitrogens is 4. The Morgan fingerprint density at radius 2 is 1.11 bits per heavy atom. The first-order valence-corrected chi connectivity index (χ1v) is 12.5. The molecule has 8 nitrogen and oxygen atoms in total. The smallest absolute Gasteiger partial charge is 0.347 e. The van der Waals surface area contributed by atoms with Gasteiger partial charge in [-0.1, -0.05) is 12.1 Å². The highest BCUT2D eigenvalue weighted by Crippen LogP contribution is 2.29. The number of aryl methyl sites for hydroxylation is 2. The van der Waals surface area contributed by atoms with Gasteiger partial charge in [0.05, 0.1) is 11.4 Å². The first kappa shape index (κ1) is 23.2. The van der Waals surface area contributed by atoms with E-state index in [0.29, 0.717) is 39.4 Å². The third-order valence-corrected chi connectivity index (χ3v) is 7.10. The molecule has 0 aliphatic heterocycles. The zero-order valence-electron chi connectivity index (χ0n) is 21.7. The molecule has 6 rings (SSSR count). The highest BCUT2D eigenvalue weighted by atomic mass is 16.4. The van der Waals surface area contributed by atoms with Gasteiger partial charge in [0.2, 0.25) is 0 Å². The highest BCUT2D eigenvalue weighted by molar-refractivity contribution is 6.04. The lowest BCUT2D eigenvalue weighted by Gasteiger charge is -2.06. The van der Waals surface area contributed by atoms with Crippen LogP contribution in [0, 0.1) is 13.8 Å². The van der Waals surface area contributed by atoms with Crippen molar-refractivity contribution in [3.05, 3.63) is 79.8 Å². The molecule has 4 aromatic heterocycles. The molecule has 0 saturated heterocycles. The number of rotatable bonds is 4. The quantitative estimate of drug-likeness (QED) is 0.279. The van der Waals surface area contributed by atoms with Crippen molar-refractivity contribution in [2.75, 3.05) is 0 Å². The van der Waals surface area contributed by atoms with Gasteiger partial charge >= 0.3 is 11.3 Å². The van der Waals surface area contributed by atoms with Gasteiger partial charge in [0, 0.05) is 22.9 Å². The van der Waals surface area contributed by atoms with Crippen molar-refractivity contribution in [1.29, 1.82) is 0 Å². The van der Waals surface area contributed by atoms with E-state index >= 15 is 0 Å².